The van der Waals surface area contributed by atoms with Crippen LogP contribution in [0.25, 0.3) is 0 Å². The molecule has 5 nitrogen and oxygen atoms in total. The Morgan fingerprint density at radius 1 is 1.27 bits per heavy atom. The molecule has 0 bridgehead atoms. The number of nitrogens with zero attached hydrogens (tertiary/aromatic N) is 1. The van der Waals surface area contributed by atoms with Gasteiger partial charge in [0.15, 0.2) is 0 Å². The van der Waals surface area contributed by atoms with Gasteiger partial charge in [-0.05, 0) is 65.3 Å². The van der Waals surface area contributed by atoms with Gasteiger partial charge in [-0.3, -0.25) is 0 Å². The fourth-order valence-electron chi connectivity index (χ4n) is 3.16. The third-order valence-corrected chi connectivity index (χ3v) is 4.30. The number of ether oxygens (including phenoxy) is 2. The number of nitrogens with one attached hydrogen (secondary N) is 1. The van der Waals surface area contributed by atoms with Gasteiger partial charge in [0, 0.05) is 26.2 Å². The molecular weight excluding hydrogens is 280 g/mol. The fourth-order valence-corrected chi connectivity index (χ4v) is 3.16. The summed E-state index contributed by atoms with van der Waals surface area (Å²) in [4.78, 5) is 14.0. The molecule has 0 aromatic rings. The van der Waals surface area contributed by atoms with Crippen LogP contribution in [-0.4, -0.2) is 55.5 Å². The van der Waals surface area contributed by atoms with Crippen molar-refractivity contribution >= 4 is 6.09 Å². The second-order valence-corrected chi connectivity index (χ2v) is 7.56. The van der Waals surface area contributed by atoms with E-state index in [0.29, 0.717) is 12.0 Å². The van der Waals surface area contributed by atoms with Gasteiger partial charge in [-0.1, -0.05) is 0 Å². The van der Waals surface area contributed by atoms with Gasteiger partial charge in [0.2, 0.25) is 0 Å². The minimum atomic E-state index is -0.416. The second kappa shape index (κ2) is 8.16. The molecule has 0 saturated carbocycles. The van der Waals surface area contributed by atoms with Gasteiger partial charge >= 0.3 is 6.09 Å². The third-order valence-electron chi connectivity index (χ3n) is 4.30. The molecule has 2 saturated heterocycles. The maximum Gasteiger partial charge on any atom is 0.410 e. The summed E-state index contributed by atoms with van der Waals surface area (Å²) in [6, 6.07) is 0. The van der Waals surface area contributed by atoms with Gasteiger partial charge in [0.1, 0.15) is 5.60 Å². The van der Waals surface area contributed by atoms with Crippen molar-refractivity contribution in [3.05, 3.63) is 0 Å². The van der Waals surface area contributed by atoms with Gasteiger partial charge in [-0.25, -0.2) is 4.79 Å². The van der Waals surface area contributed by atoms with Crippen LogP contribution in [0, 0.1) is 5.92 Å². The second-order valence-electron chi connectivity index (χ2n) is 7.56. The molecule has 1 amide bonds. The molecule has 2 fully saturated rings. The van der Waals surface area contributed by atoms with Crippen molar-refractivity contribution in [2.45, 2.75) is 64.6 Å². The predicted molar refractivity (Wildman–Crippen MR) is 87.0 cm³/mol. The van der Waals surface area contributed by atoms with Crippen molar-refractivity contribution < 1.29 is 14.3 Å². The molecule has 5 heteroatoms. The van der Waals surface area contributed by atoms with E-state index in [1.807, 2.05) is 25.7 Å². The van der Waals surface area contributed by atoms with Crippen LogP contribution in [0.3, 0.4) is 0 Å². The molecule has 0 aromatic heterocycles. The molecule has 0 aromatic carbocycles. The number of carbonyl (C=O) groups excluding carboxylic acids is 1. The Hall–Kier alpha value is -0.810. The molecule has 0 radical (unpaired) electrons. The van der Waals surface area contributed by atoms with Crippen LogP contribution in [-0.2, 0) is 9.47 Å². The standard InChI is InChI=1S/C17H32N2O3/c1-17(2,3)22-16(20)19-10-5-6-14(13-19)8-11-21-15-7-4-9-18-12-15/h14-15,18H,4-13H2,1-3H3. The van der Waals surface area contributed by atoms with Gasteiger partial charge in [-0.15, -0.1) is 0 Å². The molecule has 0 aliphatic carbocycles. The molecule has 2 aliphatic heterocycles. The molecular formula is C17H32N2O3. The average Bonchev–Trinajstić information content (AvgIpc) is 2.47. The van der Waals surface area contributed by atoms with E-state index in [1.165, 1.54) is 19.3 Å². The number of likely N-dealkylation sites (tertiary alicyclic amines) is 1. The highest BCUT2D eigenvalue weighted by atomic mass is 16.6. The van der Waals surface area contributed by atoms with Gasteiger partial charge < -0.3 is 19.7 Å². The van der Waals surface area contributed by atoms with Crippen molar-refractivity contribution in [2.75, 3.05) is 32.8 Å². The molecule has 2 atom stereocenters. The zero-order valence-electron chi connectivity index (χ0n) is 14.4. The first-order valence-electron chi connectivity index (χ1n) is 8.74. The Kier molecular flexibility index (Phi) is 6.50. The quantitative estimate of drug-likeness (QED) is 0.867. The van der Waals surface area contributed by atoms with Gasteiger partial charge in [-0.2, -0.15) is 0 Å². The molecule has 2 heterocycles. The zero-order valence-corrected chi connectivity index (χ0v) is 14.4. The van der Waals surface area contributed by atoms with E-state index in [0.717, 1.165) is 45.6 Å². The molecule has 0 spiro atoms. The lowest BCUT2D eigenvalue weighted by Gasteiger charge is -2.34. The van der Waals surface area contributed by atoms with Gasteiger partial charge in [0.05, 0.1) is 6.10 Å². The SMILES string of the molecule is CC(C)(C)OC(=O)N1CCCC(CCOC2CCCNC2)C1. The first-order valence-corrected chi connectivity index (χ1v) is 8.74. The lowest BCUT2D eigenvalue weighted by molar-refractivity contribution is 0.00625. The van der Waals surface area contributed by atoms with Crippen LogP contribution in [0.5, 0.6) is 0 Å². The van der Waals surface area contributed by atoms with E-state index < -0.39 is 5.60 Å². The van der Waals surface area contributed by atoms with E-state index in [-0.39, 0.29) is 6.09 Å². The summed E-state index contributed by atoms with van der Waals surface area (Å²) in [5.74, 6) is 0.540. The van der Waals surface area contributed by atoms with E-state index in [2.05, 4.69) is 5.32 Å². The number of piperidine rings is 2. The van der Waals surface area contributed by atoms with Crippen LogP contribution in [0.4, 0.5) is 4.79 Å². The normalized spacial score (nSPS) is 26.8. The summed E-state index contributed by atoms with van der Waals surface area (Å²) in [6.45, 7) is 10.3. The minimum absolute atomic E-state index is 0.172. The third kappa shape index (κ3) is 6.13. The average molecular weight is 312 g/mol. The maximum atomic E-state index is 12.1. The smallest absolute Gasteiger partial charge is 0.410 e. The molecule has 128 valence electrons. The van der Waals surface area contributed by atoms with Crippen LogP contribution >= 0.6 is 0 Å². The number of amides is 1. The topological polar surface area (TPSA) is 50.8 Å². The minimum Gasteiger partial charge on any atom is -0.444 e. The van der Waals surface area contributed by atoms with Crippen molar-refractivity contribution in [3.8, 4) is 0 Å². The van der Waals surface area contributed by atoms with E-state index in [9.17, 15) is 4.79 Å². The highest BCUT2D eigenvalue weighted by Crippen LogP contribution is 2.22. The fraction of sp³-hybridized carbons (Fsp3) is 0.941. The van der Waals surface area contributed by atoms with E-state index >= 15 is 0 Å². The summed E-state index contributed by atoms with van der Waals surface area (Å²) in [6.07, 6.45) is 5.87. The van der Waals surface area contributed by atoms with Crippen molar-refractivity contribution in [1.82, 2.24) is 10.2 Å². The van der Waals surface area contributed by atoms with Crippen LogP contribution in [0.15, 0.2) is 0 Å². The number of hydrogen-bond donors (Lipinski definition) is 1. The van der Waals surface area contributed by atoms with Crippen molar-refractivity contribution in [1.29, 1.82) is 0 Å². The van der Waals surface area contributed by atoms with E-state index in [1.54, 1.807) is 0 Å². The highest BCUT2D eigenvalue weighted by Gasteiger charge is 2.27. The Labute approximate surface area is 134 Å². The van der Waals surface area contributed by atoms with Crippen molar-refractivity contribution in [3.63, 3.8) is 0 Å². The zero-order chi connectivity index (χ0) is 16.0. The Bertz CT molecular complexity index is 348. The van der Waals surface area contributed by atoms with E-state index in [4.69, 9.17) is 9.47 Å². The molecule has 2 rings (SSSR count). The first kappa shape index (κ1) is 17.5. The van der Waals surface area contributed by atoms with Crippen LogP contribution in [0.2, 0.25) is 0 Å². The largest absolute Gasteiger partial charge is 0.444 e. The molecule has 2 aliphatic rings. The monoisotopic (exact) mass is 312 g/mol. The van der Waals surface area contributed by atoms with Gasteiger partial charge in [0.25, 0.3) is 0 Å². The lowest BCUT2D eigenvalue weighted by Crippen LogP contribution is -2.43. The van der Waals surface area contributed by atoms with Crippen LogP contribution in [0.1, 0.15) is 52.9 Å². The number of carbonyl (C=O) groups is 1. The summed E-state index contributed by atoms with van der Waals surface area (Å²) < 4.78 is 11.4. The van der Waals surface area contributed by atoms with Crippen molar-refractivity contribution in [2.24, 2.45) is 5.92 Å². The summed E-state index contributed by atoms with van der Waals surface area (Å²) >= 11 is 0. The van der Waals surface area contributed by atoms with Crippen LogP contribution < -0.4 is 5.32 Å². The summed E-state index contributed by atoms with van der Waals surface area (Å²) in [5.41, 5.74) is -0.416. The molecule has 2 unspecified atom stereocenters. The maximum absolute atomic E-state index is 12.1. The molecule has 22 heavy (non-hydrogen) atoms. The Balaban J connectivity index is 1.67. The number of rotatable bonds is 4. The predicted octanol–water partition coefficient (Wildman–Crippen LogP) is 2.79. The summed E-state index contributed by atoms with van der Waals surface area (Å²) in [5, 5.41) is 3.37. The first-order chi connectivity index (χ1) is 10.4. The number of hydrogen-bond acceptors (Lipinski definition) is 4. The molecule has 1 N–H and O–H groups in total. The Morgan fingerprint density at radius 2 is 2.09 bits per heavy atom. The Morgan fingerprint density at radius 3 is 2.77 bits per heavy atom. The lowest BCUT2D eigenvalue weighted by atomic mass is 9.95. The summed E-state index contributed by atoms with van der Waals surface area (Å²) in [7, 11) is 0. The highest BCUT2D eigenvalue weighted by molar-refractivity contribution is 5.68.